The Morgan fingerprint density at radius 3 is 2.58 bits per heavy atom. The van der Waals surface area contributed by atoms with Crippen molar-refractivity contribution in [1.82, 2.24) is 14.9 Å². The average molecular weight is 265 g/mol. The lowest BCUT2D eigenvalue weighted by atomic mass is 9.71. The van der Waals surface area contributed by atoms with Crippen LogP contribution in [0, 0.1) is 5.41 Å². The van der Waals surface area contributed by atoms with Crippen molar-refractivity contribution in [3.8, 4) is 0 Å². The summed E-state index contributed by atoms with van der Waals surface area (Å²) in [6, 6.07) is 0. The molecule has 1 aliphatic carbocycles. The number of carbonyl (C=O) groups is 1. The Hall–Kier alpha value is -1.36. The molecule has 5 nitrogen and oxygen atoms in total. The predicted octanol–water partition coefficient (Wildman–Crippen LogP) is 1.48. The van der Waals surface area contributed by atoms with Gasteiger partial charge in [-0.1, -0.05) is 13.8 Å². The molecule has 1 fully saturated rings. The molecule has 0 bridgehead atoms. The summed E-state index contributed by atoms with van der Waals surface area (Å²) in [6.07, 6.45) is 6.59. The van der Waals surface area contributed by atoms with Crippen molar-refractivity contribution in [3.63, 3.8) is 0 Å². The standard InChI is InChI=1S/C14H23N3O2/c1-13(2)4-6-14(19,7-5-13)9-16-12(18)11-8-15-10-17(11)3/h8,10,19H,4-7,9H2,1-3H3,(H,16,18). The molecule has 2 N–H and O–H groups in total. The highest BCUT2D eigenvalue weighted by Gasteiger charge is 2.36. The minimum atomic E-state index is -0.760. The molecule has 1 amide bonds. The van der Waals surface area contributed by atoms with E-state index in [0.29, 0.717) is 17.7 Å². The van der Waals surface area contributed by atoms with Crippen LogP contribution in [-0.2, 0) is 7.05 Å². The largest absolute Gasteiger partial charge is 0.388 e. The Bertz CT molecular complexity index is 455. The molecule has 0 radical (unpaired) electrons. The monoisotopic (exact) mass is 265 g/mol. The number of aliphatic hydroxyl groups is 1. The third-order valence-corrected chi connectivity index (χ3v) is 4.16. The van der Waals surface area contributed by atoms with Gasteiger partial charge in [0.25, 0.3) is 5.91 Å². The highest BCUT2D eigenvalue weighted by Crippen LogP contribution is 2.39. The molecule has 0 atom stereocenters. The number of aromatic nitrogens is 2. The molecule has 2 rings (SSSR count). The first-order valence-corrected chi connectivity index (χ1v) is 6.78. The second-order valence-electron chi connectivity index (χ2n) is 6.46. The van der Waals surface area contributed by atoms with Crippen LogP contribution in [0.2, 0.25) is 0 Å². The molecule has 0 spiro atoms. The van der Waals surface area contributed by atoms with Crippen LogP contribution in [0.5, 0.6) is 0 Å². The van der Waals surface area contributed by atoms with Crippen molar-refractivity contribution >= 4 is 5.91 Å². The van der Waals surface area contributed by atoms with Crippen LogP contribution in [0.3, 0.4) is 0 Å². The van der Waals surface area contributed by atoms with Gasteiger partial charge in [-0.2, -0.15) is 0 Å². The molecule has 1 heterocycles. The van der Waals surface area contributed by atoms with E-state index in [4.69, 9.17) is 0 Å². The molecule has 1 aromatic rings. The molecule has 5 heteroatoms. The van der Waals surface area contributed by atoms with Crippen LogP contribution in [-0.4, -0.2) is 32.7 Å². The van der Waals surface area contributed by atoms with Crippen molar-refractivity contribution in [3.05, 3.63) is 18.2 Å². The van der Waals surface area contributed by atoms with Crippen LogP contribution in [0.4, 0.5) is 0 Å². The maximum absolute atomic E-state index is 12.0. The Balaban J connectivity index is 1.89. The SMILES string of the molecule is Cn1cncc1C(=O)NCC1(O)CCC(C)(C)CC1. The first-order valence-electron chi connectivity index (χ1n) is 6.78. The highest BCUT2D eigenvalue weighted by molar-refractivity contribution is 5.92. The van der Waals surface area contributed by atoms with Crippen molar-refractivity contribution in [2.75, 3.05) is 6.54 Å². The number of hydrogen-bond acceptors (Lipinski definition) is 3. The number of rotatable bonds is 3. The second kappa shape index (κ2) is 4.96. The van der Waals surface area contributed by atoms with Gasteiger partial charge in [0.2, 0.25) is 0 Å². The van der Waals surface area contributed by atoms with Gasteiger partial charge in [-0.3, -0.25) is 4.79 Å². The van der Waals surface area contributed by atoms with Gasteiger partial charge in [-0.25, -0.2) is 4.98 Å². The lowest BCUT2D eigenvalue weighted by Crippen LogP contribution is -2.46. The zero-order chi connectivity index (χ0) is 14.1. The second-order valence-corrected chi connectivity index (χ2v) is 6.46. The number of carbonyl (C=O) groups excluding carboxylic acids is 1. The van der Waals surface area contributed by atoms with Crippen LogP contribution < -0.4 is 5.32 Å². The molecular formula is C14H23N3O2. The third kappa shape index (κ3) is 3.35. The van der Waals surface area contributed by atoms with Gasteiger partial charge in [-0.15, -0.1) is 0 Å². The molecule has 1 aliphatic rings. The smallest absolute Gasteiger partial charge is 0.269 e. The van der Waals surface area contributed by atoms with Crippen molar-refractivity contribution in [2.45, 2.75) is 45.1 Å². The zero-order valence-electron chi connectivity index (χ0n) is 11.9. The van der Waals surface area contributed by atoms with E-state index in [0.717, 1.165) is 25.7 Å². The third-order valence-electron chi connectivity index (χ3n) is 4.16. The van der Waals surface area contributed by atoms with E-state index in [1.165, 1.54) is 6.20 Å². The van der Waals surface area contributed by atoms with E-state index in [1.54, 1.807) is 17.9 Å². The maximum atomic E-state index is 12.0. The fourth-order valence-electron chi connectivity index (χ4n) is 2.48. The molecule has 19 heavy (non-hydrogen) atoms. The number of imidazole rings is 1. The molecular weight excluding hydrogens is 242 g/mol. The molecule has 1 saturated carbocycles. The molecule has 0 aliphatic heterocycles. The fraction of sp³-hybridized carbons (Fsp3) is 0.714. The summed E-state index contributed by atoms with van der Waals surface area (Å²) in [7, 11) is 1.78. The fourth-order valence-corrected chi connectivity index (χ4v) is 2.48. The van der Waals surface area contributed by atoms with Crippen molar-refractivity contribution in [2.24, 2.45) is 12.5 Å². The Labute approximate surface area is 114 Å². The first kappa shape index (κ1) is 14.1. The van der Waals surface area contributed by atoms with Crippen molar-refractivity contribution < 1.29 is 9.90 Å². The lowest BCUT2D eigenvalue weighted by Gasteiger charge is -2.40. The highest BCUT2D eigenvalue weighted by atomic mass is 16.3. The van der Waals surface area contributed by atoms with Crippen LogP contribution >= 0.6 is 0 Å². The molecule has 106 valence electrons. The number of hydrogen-bond donors (Lipinski definition) is 2. The van der Waals surface area contributed by atoms with Gasteiger partial charge in [0.1, 0.15) is 5.69 Å². The topological polar surface area (TPSA) is 67.2 Å². The Morgan fingerprint density at radius 1 is 1.42 bits per heavy atom. The summed E-state index contributed by atoms with van der Waals surface area (Å²) in [6.45, 7) is 4.76. The summed E-state index contributed by atoms with van der Waals surface area (Å²) in [5, 5.41) is 13.3. The van der Waals surface area contributed by atoms with E-state index in [2.05, 4.69) is 24.1 Å². The number of amides is 1. The van der Waals surface area contributed by atoms with Crippen LogP contribution in [0.15, 0.2) is 12.5 Å². The van der Waals surface area contributed by atoms with Gasteiger partial charge in [0.15, 0.2) is 0 Å². The summed E-state index contributed by atoms with van der Waals surface area (Å²) in [5.74, 6) is -0.182. The molecule has 0 unspecified atom stereocenters. The molecule has 1 aromatic heterocycles. The van der Waals surface area contributed by atoms with Gasteiger partial charge >= 0.3 is 0 Å². The van der Waals surface area contributed by atoms with Gasteiger partial charge in [-0.05, 0) is 31.1 Å². The summed E-state index contributed by atoms with van der Waals surface area (Å²) in [4.78, 5) is 15.9. The van der Waals surface area contributed by atoms with Crippen molar-refractivity contribution in [1.29, 1.82) is 0 Å². The van der Waals surface area contributed by atoms with E-state index < -0.39 is 5.60 Å². The van der Waals surface area contributed by atoms with Gasteiger partial charge in [0, 0.05) is 13.6 Å². The van der Waals surface area contributed by atoms with Gasteiger partial charge in [0.05, 0.1) is 18.1 Å². The van der Waals surface area contributed by atoms with E-state index >= 15 is 0 Å². The minimum Gasteiger partial charge on any atom is -0.388 e. The number of aryl methyl sites for hydroxylation is 1. The van der Waals surface area contributed by atoms with Crippen LogP contribution in [0.25, 0.3) is 0 Å². The summed E-state index contributed by atoms with van der Waals surface area (Å²) >= 11 is 0. The summed E-state index contributed by atoms with van der Waals surface area (Å²) < 4.78 is 1.67. The normalized spacial score (nSPS) is 21.1. The van der Waals surface area contributed by atoms with Crippen LogP contribution in [0.1, 0.15) is 50.0 Å². The number of nitrogens with zero attached hydrogens (tertiary/aromatic N) is 2. The van der Waals surface area contributed by atoms with E-state index in [9.17, 15) is 9.90 Å². The van der Waals surface area contributed by atoms with E-state index in [-0.39, 0.29) is 5.91 Å². The van der Waals surface area contributed by atoms with E-state index in [1.807, 2.05) is 0 Å². The number of nitrogens with one attached hydrogen (secondary N) is 1. The molecule has 0 saturated heterocycles. The Morgan fingerprint density at radius 2 is 2.05 bits per heavy atom. The summed E-state index contributed by atoms with van der Waals surface area (Å²) in [5.41, 5.74) is 0.0573. The maximum Gasteiger partial charge on any atom is 0.269 e. The van der Waals surface area contributed by atoms with Gasteiger partial charge < -0.3 is 15.0 Å². The quantitative estimate of drug-likeness (QED) is 0.870. The minimum absolute atomic E-state index is 0.182. The average Bonchev–Trinajstić information content (AvgIpc) is 2.77. The first-order chi connectivity index (χ1) is 8.81. The predicted molar refractivity (Wildman–Crippen MR) is 72.7 cm³/mol. The molecule has 0 aromatic carbocycles. The zero-order valence-corrected chi connectivity index (χ0v) is 11.9. The Kier molecular flexibility index (Phi) is 3.67. The lowest BCUT2D eigenvalue weighted by molar-refractivity contribution is -0.0233.